The third-order valence-corrected chi connectivity index (χ3v) is 3.56. The van der Waals surface area contributed by atoms with Crippen LogP contribution in [-0.2, 0) is 0 Å². The van der Waals surface area contributed by atoms with Crippen LogP contribution in [0.15, 0.2) is 0 Å². The maximum absolute atomic E-state index is 5.82. The van der Waals surface area contributed by atoms with Crippen LogP contribution in [0.5, 0.6) is 0 Å². The molecule has 1 aliphatic rings. The van der Waals surface area contributed by atoms with Gasteiger partial charge in [-0.15, -0.1) is 0 Å². The average Bonchev–Trinajstić information content (AvgIpc) is 2.15. The maximum atomic E-state index is 5.82. The second-order valence-corrected chi connectivity index (χ2v) is 5.38. The van der Waals surface area contributed by atoms with Gasteiger partial charge in [-0.1, -0.05) is 27.2 Å². The van der Waals surface area contributed by atoms with Crippen molar-refractivity contribution in [3.05, 3.63) is 0 Å². The highest BCUT2D eigenvalue weighted by molar-refractivity contribution is 4.82. The van der Waals surface area contributed by atoms with Gasteiger partial charge in [-0.05, 0) is 37.8 Å². The van der Waals surface area contributed by atoms with E-state index in [9.17, 15) is 0 Å². The molecule has 1 saturated heterocycles. The molecule has 0 aliphatic carbocycles. The van der Waals surface area contributed by atoms with Crippen molar-refractivity contribution in [2.45, 2.75) is 52.5 Å². The van der Waals surface area contributed by atoms with E-state index in [4.69, 9.17) is 5.73 Å². The highest BCUT2D eigenvalue weighted by atomic mass is 15.2. The highest BCUT2D eigenvalue weighted by Crippen LogP contribution is 2.30. The molecule has 84 valence electrons. The Balaban J connectivity index is 2.39. The van der Waals surface area contributed by atoms with E-state index in [-0.39, 0.29) is 0 Å². The largest absolute Gasteiger partial charge is 0.329 e. The quantitative estimate of drug-likeness (QED) is 0.750. The molecule has 0 aromatic carbocycles. The smallest absolute Gasteiger partial charge is 0.0218 e. The van der Waals surface area contributed by atoms with Gasteiger partial charge in [0.05, 0.1) is 0 Å². The number of hydrogen-bond acceptors (Lipinski definition) is 2. The molecular formula is C12H26N2. The SMILES string of the molecule is CCCC(CN)N1CCC(C)(C)CC1. The summed E-state index contributed by atoms with van der Waals surface area (Å²) in [5, 5.41) is 0. The molecule has 14 heavy (non-hydrogen) atoms. The Bertz CT molecular complexity index is 156. The standard InChI is InChI=1S/C12H26N2/c1-4-5-11(10-13)14-8-6-12(2,3)7-9-14/h11H,4-10,13H2,1-3H3. The molecule has 0 aromatic heterocycles. The Kier molecular flexibility index (Phi) is 4.39. The lowest BCUT2D eigenvalue weighted by atomic mass is 9.82. The number of nitrogens with two attached hydrogens (primary N) is 1. The Morgan fingerprint density at radius 2 is 1.86 bits per heavy atom. The van der Waals surface area contributed by atoms with E-state index in [0.717, 1.165) is 6.54 Å². The van der Waals surface area contributed by atoms with Crippen LogP contribution in [0.1, 0.15) is 46.5 Å². The van der Waals surface area contributed by atoms with Gasteiger partial charge in [0, 0.05) is 12.6 Å². The van der Waals surface area contributed by atoms with Gasteiger partial charge in [0.15, 0.2) is 0 Å². The number of hydrogen-bond donors (Lipinski definition) is 1. The Morgan fingerprint density at radius 1 is 1.29 bits per heavy atom. The third kappa shape index (κ3) is 3.25. The lowest BCUT2D eigenvalue weighted by molar-refractivity contribution is 0.0924. The fourth-order valence-corrected chi connectivity index (χ4v) is 2.28. The molecule has 0 spiro atoms. The van der Waals surface area contributed by atoms with Gasteiger partial charge in [-0.3, -0.25) is 4.90 Å². The summed E-state index contributed by atoms with van der Waals surface area (Å²) in [6.07, 6.45) is 5.17. The normalized spacial score (nSPS) is 24.9. The molecule has 0 saturated carbocycles. The lowest BCUT2D eigenvalue weighted by Gasteiger charge is -2.40. The molecule has 1 rings (SSSR count). The van der Waals surface area contributed by atoms with Crippen molar-refractivity contribution >= 4 is 0 Å². The predicted molar refractivity (Wildman–Crippen MR) is 62.3 cm³/mol. The fraction of sp³-hybridized carbons (Fsp3) is 1.00. The molecule has 0 bridgehead atoms. The zero-order valence-corrected chi connectivity index (χ0v) is 10.1. The molecule has 0 radical (unpaired) electrons. The summed E-state index contributed by atoms with van der Waals surface area (Å²) in [5.74, 6) is 0. The summed E-state index contributed by atoms with van der Waals surface area (Å²) in [7, 11) is 0. The molecule has 1 unspecified atom stereocenters. The minimum absolute atomic E-state index is 0.557. The van der Waals surface area contributed by atoms with Crippen LogP contribution in [0.2, 0.25) is 0 Å². The molecule has 2 nitrogen and oxygen atoms in total. The van der Waals surface area contributed by atoms with Crippen LogP contribution in [0.4, 0.5) is 0 Å². The van der Waals surface area contributed by atoms with E-state index in [1.54, 1.807) is 0 Å². The van der Waals surface area contributed by atoms with Crippen LogP contribution in [0.25, 0.3) is 0 Å². The Hall–Kier alpha value is -0.0800. The molecule has 2 N–H and O–H groups in total. The van der Waals surface area contributed by atoms with Gasteiger partial charge in [-0.2, -0.15) is 0 Å². The highest BCUT2D eigenvalue weighted by Gasteiger charge is 2.28. The van der Waals surface area contributed by atoms with Gasteiger partial charge in [0.1, 0.15) is 0 Å². The average molecular weight is 198 g/mol. The van der Waals surface area contributed by atoms with Crippen molar-refractivity contribution in [3.63, 3.8) is 0 Å². The Labute approximate surface area is 88.8 Å². The second kappa shape index (κ2) is 5.13. The molecule has 1 fully saturated rings. The molecule has 1 heterocycles. The summed E-state index contributed by atoms with van der Waals surface area (Å²) >= 11 is 0. The van der Waals surface area contributed by atoms with E-state index < -0.39 is 0 Å². The van der Waals surface area contributed by atoms with Crippen LogP contribution >= 0.6 is 0 Å². The first kappa shape index (κ1) is 12.0. The fourth-order valence-electron chi connectivity index (χ4n) is 2.28. The topological polar surface area (TPSA) is 29.3 Å². The molecule has 2 heteroatoms. The van der Waals surface area contributed by atoms with Crippen molar-refractivity contribution in [2.75, 3.05) is 19.6 Å². The van der Waals surface area contributed by atoms with Gasteiger partial charge in [0.25, 0.3) is 0 Å². The number of nitrogens with zero attached hydrogens (tertiary/aromatic N) is 1. The first-order valence-electron chi connectivity index (χ1n) is 6.03. The molecule has 0 amide bonds. The number of rotatable bonds is 4. The summed E-state index contributed by atoms with van der Waals surface area (Å²) in [5.41, 5.74) is 6.37. The van der Waals surface area contributed by atoms with E-state index in [1.165, 1.54) is 38.8 Å². The zero-order valence-electron chi connectivity index (χ0n) is 10.1. The monoisotopic (exact) mass is 198 g/mol. The Morgan fingerprint density at radius 3 is 2.29 bits per heavy atom. The number of piperidine rings is 1. The first-order valence-corrected chi connectivity index (χ1v) is 6.03. The van der Waals surface area contributed by atoms with E-state index in [2.05, 4.69) is 25.7 Å². The molecular weight excluding hydrogens is 172 g/mol. The minimum Gasteiger partial charge on any atom is -0.329 e. The van der Waals surface area contributed by atoms with Gasteiger partial charge >= 0.3 is 0 Å². The van der Waals surface area contributed by atoms with Crippen molar-refractivity contribution < 1.29 is 0 Å². The lowest BCUT2D eigenvalue weighted by Crippen LogP contribution is -2.46. The zero-order chi connectivity index (χ0) is 10.6. The first-order chi connectivity index (χ1) is 6.59. The second-order valence-electron chi connectivity index (χ2n) is 5.38. The summed E-state index contributed by atoms with van der Waals surface area (Å²) in [4.78, 5) is 2.59. The van der Waals surface area contributed by atoms with E-state index >= 15 is 0 Å². The third-order valence-electron chi connectivity index (χ3n) is 3.56. The molecule has 1 atom stereocenters. The van der Waals surface area contributed by atoms with Crippen molar-refractivity contribution in [2.24, 2.45) is 11.1 Å². The van der Waals surface area contributed by atoms with Crippen molar-refractivity contribution in [1.29, 1.82) is 0 Å². The number of likely N-dealkylation sites (tertiary alicyclic amines) is 1. The summed E-state index contributed by atoms with van der Waals surface area (Å²) < 4.78 is 0. The van der Waals surface area contributed by atoms with Crippen molar-refractivity contribution in [3.8, 4) is 0 Å². The minimum atomic E-state index is 0.557. The summed E-state index contributed by atoms with van der Waals surface area (Å²) in [6, 6.07) is 0.635. The van der Waals surface area contributed by atoms with Gasteiger partial charge < -0.3 is 5.73 Å². The van der Waals surface area contributed by atoms with E-state index in [1.807, 2.05) is 0 Å². The van der Waals surface area contributed by atoms with Crippen LogP contribution in [0, 0.1) is 5.41 Å². The summed E-state index contributed by atoms with van der Waals surface area (Å²) in [6.45, 7) is 10.3. The van der Waals surface area contributed by atoms with Gasteiger partial charge in [0.2, 0.25) is 0 Å². The van der Waals surface area contributed by atoms with Crippen LogP contribution in [-0.4, -0.2) is 30.6 Å². The maximum Gasteiger partial charge on any atom is 0.0218 e. The molecule has 0 aromatic rings. The van der Waals surface area contributed by atoms with Crippen LogP contribution < -0.4 is 5.73 Å². The predicted octanol–water partition coefficient (Wildman–Crippen LogP) is 2.24. The van der Waals surface area contributed by atoms with Crippen LogP contribution in [0.3, 0.4) is 0 Å². The van der Waals surface area contributed by atoms with Gasteiger partial charge in [-0.25, -0.2) is 0 Å². The molecule has 1 aliphatic heterocycles. The van der Waals surface area contributed by atoms with E-state index in [0.29, 0.717) is 11.5 Å². The van der Waals surface area contributed by atoms with Crippen molar-refractivity contribution in [1.82, 2.24) is 4.90 Å².